The fourth-order valence-corrected chi connectivity index (χ4v) is 6.30. The predicted molar refractivity (Wildman–Crippen MR) is 222 cm³/mol. The maximum absolute atomic E-state index is 9.91. The van der Waals surface area contributed by atoms with Crippen molar-refractivity contribution in [3.8, 4) is 78.7 Å². The quantitative estimate of drug-likeness (QED) is 0.171. The highest BCUT2D eigenvalue weighted by atomic mass is 15.0. The molecular formula is C51H39N3. The molecule has 1 aromatic heterocycles. The average molecular weight is 725 g/mol. The lowest BCUT2D eigenvalue weighted by Crippen LogP contribution is -2.28. The third-order valence-corrected chi connectivity index (χ3v) is 8.71. The number of rotatable bonds is 6. The van der Waals surface area contributed by atoms with E-state index in [2.05, 4.69) is 15.0 Å². The molecule has 0 aliphatic heterocycles. The lowest BCUT2D eigenvalue weighted by Gasteiger charge is -2.36. The van der Waals surface area contributed by atoms with Crippen LogP contribution in [-0.4, -0.2) is 15.0 Å². The molecule has 0 saturated heterocycles. The molecule has 7 aromatic carbocycles. The first-order chi connectivity index (χ1) is 39.3. The molecule has 3 heteroatoms. The van der Waals surface area contributed by atoms with E-state index < -0.39 is 226 Å². The molecule has 0 atom stereocenters. The Hall–Kier alpha value is -6.45. The molecule has 8 aromatic rings. The van der Waals surface area contributed by atoms with E-state index >= 15 is 0 Å². The van der Waals surface area contributed by atoms with Gasteiger partial charge in [0.05, 0.1) is 28.8 Å². The molecule has 0 radical (unpaired) electrons. The van der Waals surface area contributed by atoms with Crippen LogP contribution in [0.5, 0.6) is 0 Å². The van der Waals surface area contributed by atoms with Crippen LogP contribution in [0.25, 0.3) is 78.7 Å². The average Bonchev–Trinajstić information content (AvgIpc) is 1.59. The Balaban J connectivity index is 1.24. The van der Waals surface area contributed by atoms with Gasteiger partial charge in [0.1, 0.15) is 0 Å². The third kappa shape index (κ3) is 5.64. The number of hydrogen-bond acceptors (Lipinski definition) is 3. The van der Waals surface area contributed by atoms with Gasteiger partial charge >= 0.3 is 0 Å². The number of hydrogen-bond donors (Lipinski definition) is 0. The van der Waals surface area contributed by atoms with Crippen LogP contribution in [0.15, 0.2) is 175 Å². The molecule has 54 heavy (non-hydrogen) atoms. The molecule has 3 nitrogen and oxygen atoms in total. The molecular weight excluding hydrogens is 655 g/mol. The maximum atomic E-state index is 9.91. The molecule has 1 heterocycles. The summed E-state index contributed by atoms with van der Waals surface area (Å²) < 4.78 is 278. The first-order valence-electron chi connectivity index (χ1n) is 31.7. The van der Waals surface area contributed by atoms with Gasteiger partial charge in [0.15, 0.2) is 17.5 Å². The van der Waals surface area contributed by atoms with E-state index in [4.69, 9.17) is 28.8 Å². The van der Waals surface area contributed by atoms with E-state index in [1.165, 1.54) is 42.5 Å². The number of benzene rings is 7. The molecule has 1 saturated carbocycles. The Morgan fingerprint density at radius 2 is 0.981 bits per heavy atom. The fraction of sp³-hybridized carbons (Fsp3) is 0.118. The summed E-state index contributed by atoms with van der Waals surface area (Å²) in [5.41, 5.74) is -11.4. The van der Waals surface area contributed by atoms with Crippen molar-refractivity contribution < 1.29 is 42.5 Å². The van der Waals surface area contributed by atoms with Gasteiger partial charge in [-0.2, -0.15) is 0 Å². The van der Waals surface area contributed by atoms with Crippen molar-refractivity contribution in [2.24, 2.45) is 0 Å². The molecule has 258 valence electrons. The minimum Gasteiger partial charge on any atom is -0.208 e. The van der Waals surface area contributed by atoms with Gasteiger partial charge in [0.2, 0.25) is 0 Å². The van der Waals surface area contributed by atoms with Crippen LogP contribution in [0.4, 0.5) is 0 Å². The largest absolute Gasteiger partial charge is 0.208 e. The van der Waals surface area contributed by atoms with Crippen LogP contribution in [0.3, 0.4) is 0 Å². The van der Waals surface area contributed by atoms with Crippen LogP contribution < -0.4 is 0 Å². The lowest BCUT2D eigenvalue weighted by molar-refractivity contribution is 0.353. The van der Waals surface area contributed by atoms with Crippen molar-refractivity contribution in [1.82, 2.24) is 15.0 Å². The first kappa shape index (κ1) is 13.4. The van der Waals surface area contributed by atoms with Crippen LogP contribution >= 0.6 is 0 Å². The summed E-state index contributed by atoms with van der Waals surface area (Å²) in [7, 11) is 0. The number of fused-ring (bicyclic) bond motifs is 5. The fourth-order valence-electron chi connectivity index (χ4n) is 6.30. The normalized spacial score (nSPS) is 26.9. The number of nitrogens with zero attached hydrogens (tertiary/aromatic N) is 3. The van der Waals surface area contributed by atoms with Crippen LogP contribution in [-0.2, 0) is 5.41 Å². The highest BCUT2D eigenvalue weighted by Crippen LogP contribution is 2.56. The zero-order chi connectivity index (χ0) is 63.1. The van der Waals surface area contributed by atoms with Crippen LogP contribution in [0.1, 0.15) is 85.5 Å². The van der Waals surface area contributed by atoms with Gasteiger partial charge in [-0.25, -0.2) is 15.0 Å². The summed E-state index contributed by atoms with van der Waals surface area (Å²) >= 11 is 0. The van der Waals surface area contributed by atoms with E-state index in [1.807, 2.05) is 0 Å². The summed E-state index contributed by atoms with van der Waals surface area (Å²) in [6, 6.07) is -8.06. The van der Waals surface area contributed by atoms with E-state index in [1.54, 1.807) is 6.07 Å². The second-order valence-electron chi connectivity index (χ2n) is 11.8. The predicted octanol–water partition coefficient (Wildman–Crippen LogP) is 13.1. The summed E-state index contributed by atoms with van der Waals surface area (Å²) in [5, 5.41) is 0. The van der Waals surface area contributed by atoms with Crippen molar-refractivity contribution in [3.63, 3.8) is 0 Å². The molecule has 0 N–H and O–H groups in total. The van der Waals surface area contributed by atoms with E-state index in [9.17, 15) is 13.7 Å². The van der Waals surface area contributed by atoms with Crippen molar-refractivity contribution in [1.29, 1.82) is 0 Å². The molecule has 1 fully saturated rings. The van der Waals surface area contributed by atoms with Crippen molar-refractivity contribution in [2.75, 3.05) is 0 Å². The van der Waals surface area contributed by atoms with Gasteiger partial charge < -0.3 is 0 Å². The summed E-state index contributed by atoms with van der Waals surface area (Å²) in [5.74, 6) is -1.50. The highest BCUT2D eigenvalue weighted by Gasteiger charge is 2.43. The number of aromatic nitrogens is 3. The Morgan fingerprint density at radius 3 is 1.72 bits per heavy atom. The monoisotopic (exact) mass is 725 g/mol. The maximum Gasteiger partial charge on any atom is 0.164 e. The van der Waals surface area contributed by atoms with Crippen molar-refractivity contribution in [2.45, 2.75) is 37.3 Å². The molecule has 10 rings (SSSR count). The van der Waals surface area contributed by atoms with Gasteiger partial charge in [-0.1, -0.05) is 176 Å². The summed E-state index contributed by atoms with van der Waals surface area (Å²) in [6.45, 7) is 0. The Labute approximate surface area is 360 Å². The molecule has 0 bridgehead atoms. The second-order valence-corrected chi connectivity index (χ2v) is 11.8. The first-order valence-corrected chi connectivity index (χ1v) is 16.2. The molecule has 2 aliphatic carbocycles. The highest BCUT2D eigenvalue weighted by molar-refractivity contribution is 5.87. The van der Waals surface area contributed by atoms with Gasteiger partial charge in [0.25, 0.3) is 0 Å². The topological polar surface area (TPSA) is 38.7 Å². The summed E-state index contributed by atoms with van der Waals surface area (Å²) in [4.78, 5) is 13.4. The Morgan fingerprint density at radius 1 is 0.407 bits per heavy atom. The van der Waals surface area contributed by atoms with Gasteiger partial charge in [-0.3, -0.25) is 0 Å². The minimum absolute atomic E-state index is 0.0598. The Kier molecular flexibility index (Phi) is 3.36. The molecule has 0 unspecified atom stereocenters. The SMILES string of the molecule is [2H]c1c([2H])c([2H])c(-c2nc(-c3ccccc3-c3cccc(-c4c([2H])c([2H])c([2H])c(-c5c([2H])c([2H])c6c(c5[2H])C5(c7c([2H])c([2H])c([2H])c([2H])c7-6)C([2H])([2H])C([2H])([2H])C([2H])([2H])C([2H])([2H])C5([2H])[2H])c4[2H])c3)nc(-c3c([2H])c([2H])c([2H])c([2H])c3[2H])n2)c([2H])c1[2H]. The van der Waals surface area contributed by atoms with E-state index in [-0.39, 0.29) is 28.1 Å². The smallest absolute Gasteiger partial charge is 0.164 e. The van der Waals surface area contributed by atoms with E-state index in [0.717, 1.165) is 0 Å². The van der Waals surface area contributed by atoms with Gasteiger partial charge in [-0.15, -0.1) is 0 Å². The molecule has 2 aliphatic rings. The lowest BCUT2D eigenvalue weighted by atomic mass is 9.67. The molecule has 0 amide bonds. The third-order valence-electron chi connectivity index (χ3n) is 8.71. The summed E-state index contributed by atoms with van der Waals surface area (Å²) in [6.07, 6.45) is -20.8. The van der Waals surface area contributed by atoms with Gasteiger partial charge in [-0.05, 0) is 86.5 Å². The van der Waals surface area contributed by atoms with Crippen LogP contribution in [0, 0.1) is 0 Å². The standard InChI is InChI=1S/C51H39N3/c1-4-16-35(17-5-1)48-52-49(36-18-6-2-7-19-36)54-50(53-48)45-26-9-8-24-42(45)41-23-15-22-39(33-41)37-20-14-21-38(32-37)40-28-29-44-43-25-10-11-27-46(43)51(47(44)34-40)30-12-3-13-31-51/h1-2,4-11,14-29,32-34H,3,12-13,30-31H2/i1D,2D,3D2,4D,5D,6D,7D,10D,11D,12D2,13D2,14D,16D,17D,18D,19D,20D,21D,25D,27D,28D,29D,30D2,31D2,32D,34D. The van der Waals surface area contributed by atoms with Gasteiger partial charge in [0, 0.05) is 35.8 Å². The zero-order valence-electron chi connectivity index (χ0n) is 58.5. The van der Waals surface area contributed by atoms with Crippen molar-refractivity contribution in [3.05, 3.63) is 187 Å². The van der Waals surface area contributed by atoms with E-state index in [0.29, 0.717) is 0 Å². The Bertz CT molecular complexity index is 4150. The van der Waals surface area contributed by atoms with Crippen LogP contribution in [0.2, 0.25) is 0 Å². The van der Waals surface area contributed by atoms with Crippen molar-refractivity contribution >= 4 is 0 Å². The zero-order valence-corrected chi connectivity index (χ0v) is 27.5. The minimum atomic E-state index is -4.19. The second kappa shape index (κ2) is 13.5. The molecule has 1 spiro atoms.